The van der Waals surface area contributed by atoms with E-state index in [9.17, 15) is 55.5 Å². The summed E-state index contributed by atoms with van der Waals surface area (Å²) in [4.78, 5) is 27.6. The lowest BCUT2D eigenvalue weighted by Gasteiger charge is -2.71. The van der Waals surface area contributed by atoms with Crippen LogP contribution in [0.3, 0.4) is 0 Å². The van der Waals surface area contributed by atoms with E-state index in [2.05, 4.69) is 33.8 Å². The van der Waals surface area contributed by atoms with Gasteiger partial charge in [0.2, 0.25) is 6.29 Å². The minimum Gasteiger partial charge on any atom is -0.464 e. The van der Waals surface area contributed by atoms with Gasteiger partial charge in [-0.25, -0.2) is 4.79 Å². The largest absolute Gasteiger partial charge is 0.464 e. The normalized spacial score (nSPS) is 52.6. The number of hydrogen-bond donors (Lipinski definition) is 9. The minimum absolute atomic E-state index is 0.0404. The summed E-state index contributed by atoms with van der Waals surface area (Å²) in [5, 5.41) is 96.8. The molecular weight excluding hydrogens is 808 g/mol. The maximum atomic E-state index is 14.7. The molecule has 22 atom stereocenters. The van der Waals surface area contributed by atoms with E-state index in [0.717, 1.165) is 24.8 Å². The quantitative estimate of drug-likeness (QED) is 0.0651. The number of ether oxygens (including phenoxy) is 5. The molecule has 62 heavy (non-hydrogen) atoms. The van der Waals surface area contributed by atoms with Crippen LogP contribution in [0.1, 0.15) is 113 Å². The summed E-state index contributed by atoms with van der Waals surface area (Å²) in [7, 11) is 0. The van der Waals surface area contributed by atoms with Crippen LogP contribution in [0.15, 0.2) is 11.6 Å². The van der Waals surface area contributed by atoms with Crippen molar-refractivity contribution in [2.45, 2.75) is 186 Å². The Morgan fingerprint density at radius 3 is 2.13 bits per heavy atom. The first-order valence-electron chi connectivity index (χ1n) is 23.1. The number of aliphatic hydroxyl groups excluding tert-OH is 9. The second-order valence-corrected chi connectivity index (χ2v) is 21.3. The van der Waals surface area contributed by atoms with Gasteiger partial charge in [-0.1, -0.05) is 66.5 Å². The summed E-state index contributed by atoms with van der Waals surface area (Å²) in [6.45, 7) is 14.2. The third kappa shape index (κ3) is 7.24. The van der Waals surface area contributed by atoms with Crippen LogP contribution in [0.4, 0.5) is 0 Å². The topological polar surface area (TPSA) is 262 Å². The van der Waals surface area contributed by atoms with Gasteiger partial charge in [-0.05, 0) is 104 Å². The summed E-state index contributed by atoms with van der Waals surface area (Å²) in [5.74, 6) is -2.00. The monoisotopic (exact) mass is 882 g/mol. The van der Waals surface area contributed by atoms with Gasteiger partial charge < -0.3 is 69.6 Å². The average molecular weight is 883 g/mol. The standard InChI is InChI=1S/C46H74O16/c1-8-9-18-58-38(56)37-34(53)33(52)36(55)40(61-37)60-29-13-14-42(4)27(43(29,5)21-48)12-15-45(7)28(42)11-10-24-30-23(3)22(2)25(49)19-46(30,17-16-44(24,45)6)41(57)62-39-35(54)32(51)31(50)26(20-47)59-39/h10,22-23,25-37,39-40,47-55H,8-9,11-21H2,1-7H3. The second-order valence-electron chi connectivity index (χ2n) is 21.3. The molecule has 16 heteroatoms. The molecular formula is C46H74O16. The number of hydrogen-bond acceptors (Lipinski definition) is 16. The number of allylic oxidation sites excluding steroid dienone is 2. The predicted molar refractivity (Wildman–Crippen MR) is 219 cm³/mol. The molecule has 0 bridgehead atoms. The molecule has 0 amide bonds. The van der Waals surface area contributed by atoms with Crippen LogP contribution < -0.4 is 0 Å². The fraction of sp³-hybridized carbons (Fsp3) is 0.913. The number of esters is 2. The minimum atomic E-state index is -1.75. The molecule has 22 unspecified atom stereocenters. The van der Waals surface area contributed by atoms with Gasteiger partial charge in [-0.2, -0.15) is 0 Å². The Labute approximate surface area is 364 Å². The second kappa shape index (κ2) is 17.4. The van der Waals surface area contributed by atoms with Gasteiger partial charge in [0.05, 0.1) is 37.4 Å². The summed E-state index contributed by atoms with van der Waals surface area (Å²) in [6.07, 6.45) is -9.22. The van der Waals surface area contributed by atoms with E-state index < -0.39 is 103 Å². The first-order valence-corrected chi connectivity index (χ1v) is 23.1. The van der Waals surface area contributed by atoms with E-state index in [-0.39, 0.29) is 65.5 Å². The lowest BCUT2D eigenvalue weighted by molar-refractivity contribution is -0.328. The zero-order chi connectivity index (χ0) is 45.5. The molecule has 6 fully saturated rings. The van der Waals surface area contributed by atoms with Crippen molar-refractivity contribution in [1.29, 1.82) is 0 Å². The van der Waals surface area contributed by atoms with Gasteiger partial charge in [0.15, 0.2) is 12.4 Å². The highest BCUT2D eigenvalue weighted by Crippen LogP contribution is 2.76. The molecule has 7 rings (SSSR count). The molecule has 9 N–H and O–H groups in total. The van der Waals surface area contributed by atoms with Crippen molar-refractivity contribution in [2.75, 3.05) is 19.8 Å². The molecule has 4 saturated carbocycles. The van der Waals surface area contributed by atoms with Crippen LogP contribution in [0.2, 0.25) is 0 Å². The van der Waals surface area contributed by atoms with Crippen molar-refractivity contribution in [1.82, 2.24) is 0 Å². The Morgan fingerprint density at radius 2 is 1.47 bits per heavy atom. The van der Waals surface area contributed by atoms with Gasteiger partial charge in [-0.15, -0.1) is 0 Å². The van der Waals surface area contributed by atoms with Crippen molar-refractivity contribution >= 4 is 11.9 Å². The van der Waals surface area contributed by atoms with Crippen LogP contribution in [0, 0.1) is 56.7 Å². The van der Waals surface area contributed by atoms with E-state index >= 15 is 0 Å². The van der Waals surface area contributed by atoms with E-state index in [0.29, 0.717) is 38.5 Å². The number of fused-ring (bicyclic) bond motifs is 7. The summed E-state index contributed by atoms with van der Waals surface area (Å²) in [5.41, 5.74) is -1.76. The maximum absolute atomic E-state index is 14.7. The number of unbranched alkanes of at least 4 members (excludes halogenated alkanes) is 1. The van der Waals surface area contributed by atoms with E-state index in [1.165, 1.54) is 0 Å². The SMILES string of the molecule is CCCCOC(=O)C1OC(OC2CCC3(C)C(CCC4(C)C3CC=C3C5C(C)C(C)C(O)CC5(C(=O)OC5OC(CO)C(O)C(O)C5O)CCC34C)C2(C)CO)C(O)C(O)C1O. The highest BCUT2D eigenvalue weighted by atomic mass is 16.7. The third-order valence-corrected chi connectivity index (χ3v) is 18.5. The highest BCUT2D eigenvalue weighted by molar-refractivity contribution is 5.79. The Bertz CT molecular complexity index is 1680. The van der Waals surface area contributed by atoms with Crippen molar-refractivity contribution in [2.24, 2.45) is 56.7 Å². The molecule has 0 aromatic carbocycles. The fourth-order valence-corrected chi connectivity index (χ4v) is 14.2. The van der Waals surface area contributed by atoms with E-state index in [1.54, 1.807) is 0 Å². The molecule has 2 aliphatic heterocycles. The van der Waals surface area contributed by atoms with Gasteiger partial charge >= 0.3 is 11.9 Å². The lowest BCUT2D eigenvalue weighted by atomic mass is 9.33. The Morgan fingerprint density at radius 1 is 0.790 bits per heavy atom. The van der Waals surface area contributed by atoms with Crippen LogP contribution in [-0.4, -0.2) is 151 Å². The lowest BCUT2D eigenvalue weighted by Crippen LogP contribution is -2.68. The van der Waals surface area contributed by atoms with Gasteiger partial charge in [-0.3, -0.25) is 4.79 Å². The number of carbonyl (C=O) groups is 2. The molecule has 16 nitrogen and oxygen atoms in total. The van der Waals surface area contributed by atoms with Crippen LogP contribution in [-0.2, 0) is 33.3 Å². The highest BCUT2D eigenvalue weighted by Gasteiger charge is 2.71. The molecule has 354 valence electrons. The van der Waals surface area contributed by atoms with Crippen molar-refractivity contribution < 1.29 is 79.2 Å². The van der Waals surface area contributed by atoms with E-state index in [4.69, 9.17) is 23.7 Å². The zero-order valence-electron chi connectivity index (χ0n) is 37.5. The Kier molecular flexibility index (Phi) is 13.5. The smallest absolute Gasteiger partial charge is 0.338 e. The number of aliphatic hydroxyl groups is 9. The van der Waals surface area contributed by atoms with Crippen molar-refractivity contribution in [3.05, 3.63) is 11.6 Å². The molecule has 5 aliphatic carbocycles. The number of rotatable bonds is 10. The fourth-order valence-electron chi connectivity index (χ4n) is 14.2. The van der Waals surface area contributed by atoms with Gasteiger partial charge in [0, 0.05) is 5.41 Å². The molecule has 2 saturated heterocycles. The van der Waals surface area contributed by atoms with Gasteiger partial charge in [0.25, 0.3) is 0 Å². The molecule has 2 heterocycles. The molecule has 0 aromatic heterocycles. The summed E-state index contributed by atoms with van der Waals surface area (Å²) >= 11 is 0. The molecule has 0 spiro atoms. The first kappa shape index (κ1) is 48.1. The molecule has 0 aromatic rings. The van der Waals surface area contributed by atoms with E-state index in [1.807, 2.05) is 20.8 Å². The van der Waals surface area contributed by atoms with Gasteiger partial charge in [0.1, 0.15) is 42.7 Å². The summed E-state index contributed by atoms with van der Waals surface area (Å²) in [6, 6.07) is 0. The van der Waals surface area contributed by atoms with Crippen molar-refractivity contribution in [3.63, 3.8) is 0 Å². The third-order valence-electron chi connectivity index (χ3n) is 18.5. The Hall–Kier alpha value is -1.80. The molecule has 0 radical (unpaired) electrons. The predicted octanol–water partition coefficient (Wildman–Crippen LogP) is 1.47. The van der Waals surface area contributed by atoms with Crippen LogP contribution >= 0.6 is 0 Å². The number of carbonyl (C=O) groups excluding carboxylic acids is 2. The van der Waals surface area contributed by atoms with Crippen LogP contribution in [0.5, 0.6) is 0 Å². The zero-order valence-corrected chi connectivity index (χ0v) is 37.5. The van der Waals surface area contributed by atoms with Crippen molar-refractivity contribution in [3.8, 4) is 0 Å². The average Bonchev–Trinajstić information content (AvgIpc) is 3.24. The summed E-state index contributed by atoms with van der Waals surface area (Å²) < 4.78 is 29.2. The van der Waals surface area contributed by atoms with Crippen LogP contribution in [0.25, 0.3) is 0 Å². The Balaban J connectivity index is 1.16. The first-order chi connectivity index (χ1) is 29.1. The maximum Gasteiger partial charge on any atom is 0.338 e. The molecule has 7 aliphatic rings.